The van der Waals surface area contributed by atoms with E-state index in [9.17, 15) is 4.79 Å². The number of methoxy groups -OCH3 is 1. The second-order valence-electron chi connectivity index (χ2n) is 5.52. The summed E-state index contributed by atoms with van der Waals surface area (Å²) in [4.78, 5) is 15.0. The van der Waals surface area contributed by atoms with Crippen LogP contribution in [0.4, 0.5) is 0 Å². The second kappa shape index (κ2) is 6.42. The summed E-state index contributed by atoms with van der Waals surface area (Å²) in [5.74, 6) is 0.650. The van der Waals surface area contributed by atoms with Gasteiger partial charge in [0, 0.05) is 12.1 Å². The molecule has 1 aromatic heterocycles. The quantitative estimate of drug-likeness (QED) is 0.672. The van der Waals surface area contributed by atoms with E-state index in [0.717, 1.165) is 25.2 Å². The number of hydrogen-bond donors (Lipinski definition) is 0. The van der Waals surface area contributed by atoms with Gasteiger partial charge in [0.2, 0.25) is 5.43 Å². The molecule has 3 aromatic rings. The molecule has 0 radical (unpaired) electrons. The minimum atomic E-state index is -0.0189. The summed E-state index contributed by atoms with van der Waals surface area (Å²) < 4.78 is 11.6. The number of fused-ring (bicyclic) bond motifs is 2. The Bertz CT molecular complexity index is 894. The zero-order valence-corrected chi connectivity index (χ0v) is 13.8. The van der Waals surface area contributed by atoms with Crippen LogP contribution in [0.15, 0.2) is 45.6 Å². The number of ether oxygens (including phenoxy) is 1. The van der Waals surface area contributed by atoms with Crippen molar-refractivity contribution in [3.05, 3.63) is 52.2 Å². The van der Waals surface area contributed by atoms with Gasteiger partial charge in [-0.15, -0.1) is 0 Å². The van der Waals surface area contributed by atoms with E-state index in [-0.39, 0.29) is 5.43 Å². The van der Waals surface area contributed by atoms with Gasteiger partial charge in [-0.2, -0.15) is 0 Å². The minimum absolute atomic E-state index is 0.0189. The summed E-state index contributed by atoms with van der Waals surface area (Å²) in [5, 5.41) is 1.15. The van der Waals surface area contributed by atoms with Gasteiger partial charge in [0.1, 0.15) is 5.58 Å². The van der Waals surface area contributed by atoms with Crippen molar-refractivity contribution in [1.82, 2.24) is 4.90 Å². The van der Waals surface area contributed by atoms with Crippen LogP contribution in [0.5, 0.6) is 5.75 Å². The largest absolute Gasteiger partial charge is 0.492 e. The number of rotatable bonds is 5. The molecular weight excluding hydrogens is 290 g/mol. The van der Waals surface area contributed by atoms with E-state index in [4.69, 9.17) is 9.15 Å². The standard InChI is InChI=1S/C19H21NO3/c1-4-20(5-2)12-13-10-11-15-17(21)14-8-6-7-9-16(14)23-19(15)18(13)22-3/h6-11H,4-5,12H2,1-3H3. The first-order valence-corrected chi connectivity index (χ1v) is 7.93. The lowest BCUT2D eigenvalue weighted by Crippen LogP contribution is -2.22. The Balaban J connectivity index is 2.26. The summed E-state index contributed by atoms with van der Waals surface area (Å²) in [6.45, 7) is 6.94. The van der Waals surface area contributed by atoms with E-state index in [2.05, 4.69) is 18.7 Å². The van der Waals surface area contributed by atoms with E-state index in [1.165, 1.54) is 0 Å². The lowest BCUT2D eigenvalue weighted by atomic mass is 10.1. The monoisotopic (exact) mass is 311 g/mol. The summed E-state index contributed by atoms with van der Waals surface area (Å²) in [6.07, 6.45) is 0. The molecule has 0 aliphatic rings. The molecule has 3 rings (SSSR count). The Morgan fingerprint density at radius 1 is 1.04 bits per heavy atom. The first-order valence-electron chi connectivity index (χ1n) is 7.93. The molecule has 4 nitrogen and oxygen atoms in total. The van der Waals surface area contributed by atoms with Gasteiger partial charge in [-0.25, -0.2) is 0 Å². The molecule has 0 aliphatic heterocycles. The van der Waals surface area contributed by atoms with Crippen molar-refractivity contribution in [3.8, 4) is 5.75 Å². The zero-order valence-electron chi connectivity index (χ0n) is 13.8. The van der Waals surface area contributed by atoms with Gasteiger partial charge in [0.15, 0.2) is 11.3 Å². The zero-order chi connectivity index (χ0) is 16.4. The number of hydrogen-bond acceptors (Lipinski definition) is 4. The highest BCUT2D eigenvalue weighted by atomic mass is 16.5. The van der Waals surface area contributed by atoms with Crippen molar-refractivity contribution in [2.75, 3.05) is 20.2 Å². The van der Waals surface area contributed by atoms with Crippen LogP contribution in [0.2, 0.25) is 0 Å². The third kappa shape index (κ3) is 2.70. The maximum atomic E-state index is 12.7. The van der Waals surface area contributed by atoms with E-state index < -0.39 is 0 Å². The molecule has 0 atom stereocenters. The predicted molar refractivity (Wildman–Crippen MR) is 93.2 cm³/mol. The molecule has 0 unspecified atom stereocenters. The number of para-hydroxylation sites is 1. The molecule has 4 heteroatoms. The molecule has 0 amide bonds. The van der Waals surface area contributed by atoms with Crippen molar-refractivity contribution in [2.45, 2.75) is 20.4 Å². The van der Waals surface area contributed by atoms with E-state index in [1.54, 1.807) is 13.2 Å². The van der Waals surface area contributed by atoms with Crippen LogP contribution < -0.4 is 10.2 Å². The average molecular weight is 311 g/mol. The Morgan fingerprint density at radius 3 is 2.48 bits per heavy atom. The predicted octanol–water partition coefficient (Wildman–Crippen LogP) is 3.80. The number of nitrogens with zero attached hydrogens (tertiary/aromatic N) is 1. The van der Waals surface area contributed by atoms with Crippen LogP contribution in [0.1, 0.15) is 19.4 Å². The molecule has 0 fully saturated rings. The first kappa shape index (κ1) is 15.6. The minimum Gasteiger partial charge on any atom is -0.492 e. The molecular formula is C19H21NO3. The summed E-state index contributed by atoms with van der Waals surface area (Å²) in [6, 6.07) is 11.1. The van der Waals surface area contributed by atoms with Crippen LogP contribution in [0.3, 0.4) is 0 Å². The van der Waals surface area contributed by atoms with Crippen LogP contribution in [-0.2, 0) is 6.54 Å². The molecule has 0 saturated carbocycles. The fourth-order valence-electron chi connectivity index (χ4n) is 2.92. The maximum absolute atomic E-state index is 12.7. The fraction of sp³-hybridized carbons (Fsp3) is 0.316. The van der Waals surface area contributed by atoms with Gasteiger partial charge in [-0.3, -0.25) is 9.69 Å². The van der Waals surface area contributed by atoms with Gasteiger partial charge < -0.3 is 9.15 Å². The lowest BCUT2D eigenvalue weighted by Gasteiger charge is -2.20. The summed E-state index contributed by atoms with van der Waals surface area (Å²) >= 11 is 0. The highest BCUT2D eigenvalue weighted by Crippen LogP contribution is 2.31. The van der Waals surface area contributed by atoms with Crippen molar-refractivity contribution < 1.29 is 9.15 Å². The van der Waals surface area contributed by atoms with Crippen LogP contribution in [-0.4, -0.2) is 25.1 Å². The van der Waals surface area contributed by atoms with Crippen molar-refractivity contribution in [1.29, 1.82) is 0 Å². The SMILES string of the molecule is CCN(CC)Cc1ccc2c(=O)c3ccccc3oc2c1OC. The average Bonchev–Trinajstić information content (AvgIpc) is 2.59. The van der Waals surface area contributed by atoms with Crippen LogP contribution >= 0.6 is 0 Å². The molecule has 0 aliphatic carbocycles. The molecule has 0 bridgehead atoms. The van der Waals surface area contributed by atoms with Crippen molar-refractivity contribution in [2.24, 2.45) is 0 Å². The molecule has 0 saturated heterocycles. The first-order chi connectivity index (χ1) is 11.2. The highest BCUT2D eigenvalue weighted by Gasteiger charge is 2.16. The molecule has 120 valence electrons. The third-order valence-electron chi connectivity index (χ3n) is 4.27. The molecule has 23 heavy (non-hydrogen) atoms. The Morgan fingerprint density at radius 2 is 1.78 bits per heavy atom. The van der Waals surface area contributed by atoms with Crippen molar-refractivity contribution in [3.63, 3.8) is 0 Å². The topological polar surface area (TPSA) is 42.7 Å². The van der Waals surface area contributed by atoms with Crippen LogP contribution in [0.25, 0.3) is 21.9 Å². The fourth-order valence-corrected chi connectivity index (χ4v) is 2.92. The maximum Gasteiger partial charge on any atom is 0.200 e. The number of benzene rings is 2. The van der Waals surface area contributed by atoms with Gasteiger partial charge >= 0.3 is 0 Å². The van der Waals surface area contributed by atoms with E-state index in [0.29, 0.717) is 27.7 Å². The second-order valence-corrected chi connectivity index (χ2v) is 5.52. The molecule has 0 N–H and O–H groups in total. The molecule has 2 aromatic carbocycles. The highest BCUT2D eigenvalue weighted by molar-refractivity contribution is 5.93. The Hall–Kier alpha value is -2.33. The van der Waals surface area contributed by atoms with Crippen LogP contribution in [0, 0.1) is 0 Å². The molecule has 0 spiro atoms. The normalized spacial score (nSPS) is 11.5. The van der Waals surface area contributed by atoms with Gasteiger partial charge in [-0.05, 0) is 31.3 Å². The van der Waals surface area contributed by atoms with E-state index >= 15 is 0 Å². The lowest BCUT2D eigenvalue weighted by molar-refractivity contribution is 0.289. The Kier molecular flexibility index (Phi) is 4.35. The molecule has 1 heterocycles. The van der Waals surface area contributed by atoms with E-state index in [1.807, 2.05) is 30.3 Å². The van der Waals surface area contributed by atoms with Gasteiger partial charge in [0.25, 0.3) is 0 Å². The van der Waals surface area contributed by atoms with Crippen molar-refractivity contribution >= 4 is 21.9 Å². The summed E-state index contributed by atoms with van der Waals surface area (Å²) in [5.41, 5.74) is 2.13. The third-order valence-corrected chi connectivity index (χ3v) is 4.27. The van der Waals surface area contributed by atoms with Gasteiger partial charge in [-0.1, -0.05) is 32.0 Å². The summed E-state index contributed by atoms with van der Waals surface area (Å²) in [7, 11) is 1.62. The smallest absolute Gasteiger partial charge is 0.200 e. The van der Waals surface area contributed by atoms with Gasteiger partial charge in [0.05, 0.1) is 17.9 Å². The Labute approximate surface area is 135 Å².